The Hall–Kier alpha value is -1.07. The van der Waals surface area contributed by atoms with Crippen molar-refractivity contribution in [2.24, 2.45) is 11.7 Å². The average molecular weight is 240 g/mol. The van der Waals surface area contributed by atoms with Gasteiger partial charge >= 0.3 is 5.97 Å². The highest BCUT2D eigenvalue weighted by Crippen LogP contribution is 2.28. The van der Waals surface area contributed by atoms with Crippen LogP contribution in [0.5, 0.6) is 0 Å². The van der Waals surface area contributed by atoms with Crippen LogP contribution in [-0.4, -0.2) is 28.1 Å². The van der Waals surface area contributed by atoms with E-state index in [-0.39, 0.29) is 5.92 Å². The van der Waals surface area contributed by atoms with Gasteiger partial charge in [-0.2, -0.15) is 11.8 Å². The van der Waals surface area contributed by atoms with Crippen molar-refractivity contribution in [3.8, 4) is 0 Å². The molecule has 0 amide bonds. The van der Waals surface area contributed by atoms with E-state index in [0.717, 1.165) is 0 Å². The van der Waals surface area contributed by atoms with Crippen molar-refractivity contribution >= 4 is 17.7 Å². The molecule has 0 aliphatic carbocycles. The molecule has 16 heavy (non-hydrogen) atoms. The lowest BCUT2D eigenvalue weighted by atomic mass is 9.81. The first-order valence-corrected chi connectivity index (χ1v) is 6.34. The number of hydrogen-bond acceptors (Lipinski definition) is 4. The minimum atomic E-state index is -1.36. The largest absolute Gasteiger partial charge is 0.480 e. The predicted molar refractivity (Wildman–Crippen MR) is 65.3 cm³/mol. The Bertz CT molecular complexity index is 358. The fraction of sp³-hybridized carbons (Fsp3) is 0.455. The van der Waals surface area contributed by atoms with Gasteiger partial charge in [-0.25, -0.2) is 4.79 Å². The van der Waals surface area contributed by atoms with Crippen molar-refractivity contribution in [1.82, 2.24) is 4.98 Å². The van der Waals surface area contributed by atoms with Crippen LogP contribution in [0.4, 0.5) is 0 Å². The van der Waals surface area contributed by atoms with Crippen molar-refractivity contribution in [1.29, 1.82) is 0 Å². The molecule has 0 saturated carbocycles. The lowest BCUT2D eigenvalue weighted by molar-refractivity contribution is -0.145. The Morgan fingerprint density at radius 3 is 2.88 bits per heavy atom. The van der Waals surface area contributed by atoms with Gasteiger partial charge in [0.05, 0.1) is 0 Å². The van der Waals surface area contributed by atoms with Crippen LogP contribution in [0.2, 0.25) is 0 Å². The summed E-state index contributed by atoms with van der Waals surface area (Å²) in [5, 5.41) is 9.32. The molecule has 5 heteroatoms. The number of hydrogen-bond donors (Lipinski definition) is 2. The molecule has 4 nitrogen and oxygen atoms in total. The first kappa shape index (κ1) is 13.0. The normalized spacial score (nSPS) is 16.4. The van der Waals surface area contributed by atoms with Gasteiger partial charge in [0.2, 0.25) is 0 Å². The molecule has 0 fully saturated rings. The van der Waals surface area contributed by atoms with E-state index in [2.05, 4.69) is 4.98 Å². The minimum Gasteiger partial charge on any atom is -0.480 e. The summed E-state index contributed by atoms with van der Waals surface area (Å²) in [6, 6.07) is 3.41. The number of pyridine rings is 1. The summed E-state index contributed by atoms with van der Waals surface area (Å²) in [6.45, 7) is 1.84. The molecule has 3 N–H and O–H groups in total. The molecule has 1 aromatic rings. The number of rotatable bonds is 5. The van der Waals surface area contributed by atoms with Crippen LogP contribution in [0, 0.1) is 5.92 Å². The summed E-state index contributed by atoms with van der Waals surface area (Å²) >= 11 is 1.58. The van der Waals surface area contributed by atoms with Crippen LogP contribution < -0.4 is 5.73 Å². The molecule has 2 atom stereocenters. The van der Waals surface area contributed by atoms with Crippen LogP contribution in [0.25, 0.3) is 0 Å². The second-order valence-corrected chi connectivity index (χ2v) is 4.68. The topological polar surface area (TPSA) is 76.2 Å². The first-order valence-electron chi connectivity index (χ1n) is 4.95. The molecule has 0 radical (unpaired) electrons. The Labute approximate surface area is 99.3 Å². The maximum atomic E-state index is 11.4. The fourth-order valence-electron chi connectivity index (χ4n) is 1.61. The van der Waals surface area contributed by atoms with Crippen molar-refractivity contribution in [3.05, 3.63) is 30.1 Å². The molecule has 1 heterocycles. The molecule has 1 rings (SSSR count). The van der Waals surface area contributed by atoms with Crippen LogP contribution >= 0.6 is 11.8 Å². The van der Waals surface area contributed by atoms with E-state index >= 15 is 0 Å². The molecule has 2 unspecified atom stereocenters. The molecular formula is C11H16N2O2S. The summed E-state index contributed by atoms with van der Waals surface area (Å²) in [7, 11) is 0. The third-order valence-electron chi connectivity index (χ3n) is 2.69. The van der Waals surface area contributed by atoms with Crippen molar-refractivity contribution < 1.29 is 9.90 Å². The van der Waals surface area contributed by atoms with E-state index in [9.17, 15) is 9.90 Å². The fourth-order valence-corrected chi connectivity index (χ4v) is 2.37. The highest BCUT2D eigenvalue weighted by molar-refractivity contribution is 7.98. The number of thioether (sulfide) groups is 1. The van der Waals surface area contributed by atoms with E-state index in [1.54, 1.807) is 30.1 Å². The Balaban J connectivity index is 3.12. The van der Waals surface area contributed by atoms with Crippen LogP contribution in [-0.2, 0) is 10.3 Å². The van der Waals surface area contributed by atoms with Gasteiger partial charge in [0.1, 0.15) is 5.54 Å². The number of carbonyl (C=O) groups is 1. The standard InChI is InChI=1S/C11H16N2O2S/c1-8(7-16-2)11(12,10(14)15)9-4-3-5-13-6-9/h3-6,8H,7,12H2,1-2H3,(H,14,15). The third kappa shape index (κ3) is 2.36. The number of carboxylic acid groups (broad SMARTS) is 1. The maximum Gasteiger partial charge on any atom is 0.328 e. The van der Waals surface area contributed by atoms with Crippen molar-refractivity contribution in [3.63, 3.8) is 0 Å². The van der Waals surface area contributed by atoms with Gasteiger partial charge in [0.25, 0.3) is 0 Å². The number of aliphatic carboxylic acids is 1. The zero-order chi connectivity index (χ0) is 12.2. The van der Waals surface area contributed by atoms with Gasteiger partial charge < -0.3 is 10.8 Å². The predicted octanol–water partition coefficient (Wildman–Crippen LogP) is 1.32. The van der Waals surface area contributed by atoms with Gasteiger partial charge in [0, 0.05) is 18.0 Å². The van der Waals surface area contributed by atoms with E-state index in [1.165, 1.54) is 6.20 Å². The van der Waals surface area contributed by atoms with Crippen LogP contribution in [0.1, 0.15) is 12.5 Å². The molecular weight excluding hydrogens is 224 g/mol. The monoisotopic (exact) mass is 240 g/mol. The number of nitrogens with zero attached hydrogens (tertiary/aromatic N) is 1. The van der Waals surface area contributed by atoms with E-state index in [4.69, 9.17) is 5.73 Å². The summed E-state index contributed by atoms with van der Waals surface area (Å²) < 4.78 is 0. The molecule has 0 aliphatic heterocycles. The van der Waals surface area contributed by atoms with Gasteiger partial charge in [-0.15, -0.1) is 0 Å². The quantitative estimate of drug-likeness (QED) is 0.811. The lowest BCUT2D eigenvalue weighted by Gasteiger charge is -2.31. The van der Waals surface area contributed by atoms with Crippen molar-refractivity contribution in [2.45, 2.75) is 12.5 Å². The second kappa shape index (κ2) is 5.32. The van der Waals surface area contributed by atoms with Crippen molar-refractivity contribution in [2.75, 3.05) is 12.0 Å². The van der Waals surface area contributed by atoms with E-state index in [1.807, 2.05) is 13.2 Å². The molecule has 0 aromatic carbocycles. The number of nitrogens with two attached hydrogens (primary N) is 1. The van der Waals surface area contributed by atoms with Gasteiger partial charge in [-0.1, -0.05) is 13.0 Å². The Morgan fingerprint density at radius 1 is 1.75 bits per heavy atom. The number of carboxylic acids is 1. The summed E-state index contributed by atoms with van der Waals surface area (Å²) in [5.41, 5.74) is 5.22. The molecule has 1 aromatic heterocycles. The number of aromatic nitrogens is 1. The Kier molecular flexibility index (Phi) is 4.32. The third-order valence-corrected chi connectivity index (χ3v) is 3.52. The van der Waals surface area contributed by atoms with Crippen LogP contribution in [0.15, 0.2) is 24.5 Å². The summed E-state index contributed by atoms with van der Waals surface area (Å²) in [4.78, 5) is 15.3. The van der Waals surface area contributed by atoms with E-state index < -0.39 is 11.5 Å². The van der Waals surface area contributed by atoms with Crippen LogP contribution in [0.3, 0.4) is 0 Å². The molecule has 88 valence electrons. The SMILES string of the molecule is CSCC(C)C(N)(C(=O)O)c1cccnc1. The zero-order valence-electron chi connectivity index (χ0n) is 9.38. The summed E-state index contributed by atoms with van der Waals surface area (Å²) in [5.74, 6) is -0.483. The molecule has 0 spiro atoms. The second-order valence-electron chi connectivity index (χ2n) is 3.77. The molecule has 0 aliphatic rings. The van der Waals surface area contributed by atoms with Gasteiger partial charge in [-0.05, 0) is 24.0 Å². The minimum absolute atomic E-state index is 0.163. The van der Waals surface area contributed by atoms with Gasteiger partial charge in [0.15, 0.2) is 0 Å². The Morgan fingerprint density at radius 2 is 2.44 bits per heavy atom. The average Bonchev–Trinajstić information content (AvgIpc) is 2.29. The van der Waals surface area contributed by atoms with E-state index in [0.29, 0.717) is 11.3 Å². The molecule has 0 saturated heterocycles. The van der Waals surface area contributed by atoms with Gasteiger partial charge in [-0.3, -0.25) is 4.98 Å². The lowest BCUT2D eigenvalue weighted by Crippen LogP contribution is -2.51. The maximum absolute atomic E-state index is 11.4. The zero-order valence-corrected chi connectivity index (χ0v) is 10.2. The highest BCUT2D eigenvalue weighted by Gasteiger charge is 2.41. The summed E-state index contributed by atoms with van der Waals surface area (Å²) in [6.07, 6.45) is 5.05. The highest BCUT2D eigenvalue weighted by atomic mass is 32.2. The first-order chi connectivity index (χ1) is 7.53. The smallest absolute Gasteiger partial charge is 0.328 e. The molecule has 0 bridgehead atoms.